The van der Waals surface area contributed by atoms with Crippen molar-refractivity contribution in [3.8, 4) is 5.75 Å². The molecular formula is C13H19NO2. The maximum atomic E-state index is 6.26. The van der Waals surface area contributed by atoms with Crippen LogP contribution in [-0.4, -0.2) is 20.3 Å². The van der Waals surface area contributed by atoms with Gasteiger partial charge in [-0.3, -0.25) is 0 Å². The van der Waals surface area contributed by atoms with Crippen LogP contribution in [0.4, 0.5) is 0 Å². The molecule has 2 N–H and O–H groups in total. The molecule has 0 saturated carbocycles. The zero-order chi connectivity index (χ0) is 11.4. The van der Waals surface area contributed by atoms with Crippen LogP contribution in [0.15, 0.2) is 24.3 Å². The highest BCUT2D eigenvalue weighted by molar-refractivity contribution is 5.30. The average molecular weight is 221 g/mol. The van der Waals surface area contributed by atoms with E-state index < -0.39 is 0 Å². The Kier molecular flexibility index (Phi) is 3.80. The summed E-state index contributed by atoms with van der Waals surface area (Å²) in [5.41, 5.74) is 7.39. The molecule has 0 spiro atoms. The van der Waals surface area contributed by atoms with Crippen LogP contribution in [0.25, 0.3) is 0 Å². The third-order valence-electron chi connectivity index (χ3n) is 3.18. The molecule has 16 heavy (non-hydrogen) atoms. The second-order valence-electron chi connectivity index (χ2n) is 4.28. The van der Waals surface area contributed by atoms with Crippen molar-refractivity contribution >= 4 is 0 Å². The van der Waals surface area contributed by atoms with Gasteiger partial charge in [0.25, 0.3) is 0 Å². The molecule has 1 aliphatic heterocycles. The Hall–Kier alpha value is -1.06. The molecule has 2 atom stereocenters. The maximum absolute atomic E-state index is 6.26. The van der Waals surface area contributed by atoms with Gasteiger partial charge in [0.1, 0.15) is 5.75 Å². The van der Waals surface area contributed by atoms with Crippen molar-refractivity contribution in [1.82, 2.24) is 0 Å². The van der Waals surface area contributed by atoms with E-state index in [0.717, 1.165) is 37.4 Å². The van der Waals surface area contributed by atoms with Gasteiger partial charge in [-0.2, -0.15) is 0 Å². The minimum absolute atomic E-state index is 0.0513. The fourth-order valence-electron chi connectivity index (χ4n) is 2.17. The maximum Gasteiger partial charge on any atom is 0.119 e. The first kappa shape index (κ1) is 11.4. The third-order valence-corrected chi connectivity index (χ3v) is 3.18. The van der Waals surface area contributed by atoms with E-state index in [4.69, 9.17) is 15.2 Å². The van der Waals surface area contributed by atoms with Crippen molar-refractivity contribution < 1.29 is 9.47 Å². The van der Waals surface area contributed by atoms with Gasteiger partial charge in [-0.25, -0.2) is 0 Å². The second-order valence-corrected chi connectivity index (χ2v) is 4.28. The summed E-state index contributed by atoms with van der Waals surface area (Å²) in [6.45, 7) is 1.65. The molecule has 1 saturated heterocycles. The highest BCUT2D eigenvalue weighted by Crippen LogP contribution is 2.28. The zero-order valence-corrected chi connectivity index (χ0v) is 9.69. The van der Waals surface area contributed by atoms with Crippen LogP contribution in [0.2, 0.25) is 0 Å². The molecule has 2 rings (SSSR count). The molecule has 1 aliphatic rings. The number of rotatable bonds is 3. The lowest BCUT2D eigenvalue weighted by Crippen LogP contribution is -2.28. The van der Waals surface area contributed by atoms with Gasteiger partial charge in [-0.15, -0.1) is 0 Å². The van der Waals surface area contributed by atoms with Crippen LogP contribution in [0.3, 0.4) is 0 Å². The largest absolute Gasteiger partial charge is 0.497 e. The fourth-order valence-corrected chi connectivity index (χ4v) is 2.17. The molecule has 0 aliphatic carbocycles. The molecule has 2 unspecified atom stereocenters. The Balaban J connectivity index is 2.09. The quantitative estimate of drug-likeness (QED) is 0.850. The number of hydrogen-bond acceptors (Lipinski definition) is 3. The van der Waals surface area contributed by atoms with Gasteiger partial charge in [0.05, 0.1) is 13.7 Å². The van der Waals surface area contributed by atoms with Crippen LogP contribution in [-0.2, 0) is 4.74 Å². The second kappa shape index (κ2) is 5.32. The van der Waals surface area contributed by atoms with E-state index in [0.29, 0.717) is 5.92 Å². The molecular weight excluding hydrogens is 202 g/mol. The van der Waals surface area contributed by atoms with E-state index in [1.807, 2.05) is 18.2 Å². The Bertz CT molecular complexity index is 334. The van der Waals surface area contributed by atoms with Gasteiger partial charge in [-0.05, 0) is 30.5 Å². The Morgan fingerprint density at radius 1 is 1.50 bits per heavy atom. The van der Waals surface area contributed by atoms with Gasteiger partial charge < -0.3 is 15.2 Å². The van der Waals surface area contributed by atoms with Gasteiger partial charge in [0, 0.05) is 18.6 Å². The van der Waals surface area contributed by atoms with Crippen molar-refractivity contribution in [2.45, 2.75) is 18.9 Å². The summed E-state index contributed by atoms with van der Waals surface area (Å²) in [7, 11) is 1.67. The molecule has 1 aromatic carbocycles. The zero-order valence-electron chi connectivity index (χ0n) is 9.69. The lowest BCUT2D eigenvalue weighted by atomic mass is 9.89. The molecule has 1 fully saturated rings. The monoisotopic (exact) mass is 221 g/mol. The van der Waals surface area contributed by atoms with E-state index >= 15 is 0 Å². The van der Waals surface area contributed by atoms with E-state index in [1.165, 1.54) is 0 Å². The van der Waals surface area contributed by atoms with Gasteiger partial charge >= 0.3 is 0 Å². The molecule has 0 aromatic heterocycles. The van der Waals surface area contributed by atoms with E-state index in [1.54, 1.807) is 7.11 Å². The van der Waals surface area contributed by atoms with Gasteiger partial charge in [0.15, 0.2) is 0 Å². The number of nitrogens with two attached hydrogens (primary N) is 1. The number of ether oxygens (including phenoxy) is 2. The molecule has 3 nitrogen and oxygen atoms in total. The van der Waals surface area contributed by atoms with Crippen LogP contribution in [0.1, 0.15) is 24.4 Å². The minimum Gasteiger partial charge on any atom is -0.497 e. The summed E-state index contributed by atoms with van der Waals surface area (Å²) in [6, 6.07) is 8.04. The smallest absolute Gasteiger partial charge is 0.119 e. The predicted octanol–water partition coefficient (Wildman–Crippen LogP) is 2.12. The highest BCUT2D eigenvalue weighted by Gasteiger charge is 2.22. The van der Waals surface area contributed by atoms with Crippen LogP contribution >= 0.6 is 0 Å². The number of benzene rings is 1. The topological polar surface area (TPSA) is 44.5 Å². The molecule has 1 aromatic rings. The lowest BCUT2D eigenvalue weighted by molar-refractivity contribution is 0.0447. The van der Waals surface area contributed by atoms with Crippen LogP contribution in [0, 0.1) is 5.92 Å². The molecule has 0 radical (unpaired) electrons. The number of hydrogen-bond donors (Lipinski definition) is 1. The van der Waals surface area contributed by atoms with Crippen LogP contribution < -0.4 is 10.5 Å². The molecule has 3 heteroatoms. The summed E-state index contributed by atoms with van der Waals surface area (Å²) in [5, 5.41) is 0. The van der Waals surface area contributed by atoms with Gasteiger partial charge in [-0.1, -0.05) is 12.1 Å². The molecule has 0 bridgehead atoms. The van der Waals surface area contributed by atoms with Crippen molar-refractivity contribution in [2.24, 2.45) is 11.7 Å². The SMILES string of the molecule is COc1cccc(C(N)C2CCCOC2)c1. The molecule has 1 heterocycles. The molecule has 0 amide bonds. The normalized spacial score (nSPS) is 22.8. The Morgan fingerprint density at radius 2 is 2.38 bits per heavy atom. The minimum atomic E-state index is 0.0513. The molecule has 88 valence electrons. The highest BCUT2D eigenvalue weighted by atomic mass is 16.5. The Labute approximate surface area is 96.5 Å². The van der Waals surface area contributed by atoms with E-state index in [9.17, 15) is 0 Å². The fraction of sp³-hybridized carbons (Fsp3) is 0.538. The summed E-state index contributed by atoms with van der Waals surface area (Å²) in [5.74, 6) is 1.30. The average Bonchev–Trinajstić information content (AvgIpc) is 2.39. The van der Waals surface area contributed by atoms with E-state index in [2.05, 4.69) is 6.07 Å². The van der Waals surface area contributed by atoms with Crippen molar-refractivity contribution in [1.29, 1.82) is 0 Å². The van der Waals surface area contributed by atoms with Crippen molar-refractivity contribution in [3.05, 3.63) is 29.8 Å². The lowest BCUT2D eigenvalue weighted by Gasteiger charge is -2.27. The Morgan fingerprint density at radius 3 is 3.06 bits per heavy atom. The first-order chi connectivity index (χ1) is 7.81. The van der Waals surface area contributed by atoms with Crippen molar-refractivity contribution in [2.75, 3.05) is 20.3 Å². The third kappa shape index (κ3) is 2.54. The summed E-state index contributed by atoms with van der Waals surface area (Å²) in [6.07, 6.45) is 2.26. The first-order valence-corrected chi connectivity index (χ1v) is 5.78. The first-order valence-electron chi connectivity index (χ1n) is 5.78. The summed E-state index contributed by atoms with van der Waals surface area (Å²) < 4.78 is 10.7. The van der Waals surface area contributed by atoms with E-state index in [-0.39, 0.29) is 6.04 Å². The van der Waals surface area contributed by atoms with Gasteiger partial charge in [0.2, 0.25) is 0 Å². The predicted molar refractivity (Wildman–Crippen MR) is 63.5 cm³/mol. The summed E-state index contributed by atoms with van der Waals surface area (Å²) >= 11 is 0. The standard InChI is InChI=1S/C13H19NO2/c1-15-12-6-2-4-10(8-12)13(14)11-5-3-7-16-9-11/h2,4,6,8,11,13H,3,5,7,9,14H2,1H3. The summed E-state index contributed by atoms with van der Waals surface area (Å²) in [4.78, 5) is 0. The van der Waals surface area contributed by atoms with Crippen molar-refractivity contribution in [3.63, 3.8) is 0 Å². The van der Waals surface area contributed by atoms with Crippen LogP contribution in [0.5, 0.6) is 5.75 Å². The number of methoxy groups -OCH3 is 1.